The van der Waals surface area contributed by atoms with Gasteiger partial charge in [0.1, 0.15) is 6.61 Å². The molecule has 2 aliphatic heterocycles. The molecule has 0 radical (unpaired) electrons. The molecule has 2 N–H and O–H groups in total. The van der Waals surface area contributed by atoms with Crippen molar-refractivity contribution in [3.8, 4) is 0 Å². The number of aliphatic hydroxyl groups excluding tert-OH is 1. The van der Waals surface area contributed by atoms with Gasteiger partial charge in [-0.2, -0.15) is 0 Å². The summed E-state index contributed by atoms with van der Waals surface area (Å²) in [7, 11) is 1.81. The van der Waals surface area contributed by atoms with Crippen molar-refractivity contribution in [1.29, 1.82) is 0 Å². The third-order valence-electron chi connectivity index (χ3n) is 6.00. The molecule has 174 valence electrons. The van der Waals surface area contributed by atoms with Crippen molar-refractivity contribution in [3.05, 3.63) is 11.6 Å². The first-order valence-corrected chi connectivity index (χ1v) is 10.2. The lowest BCUT2D eigenvalue weighted by Crippen LogP contribution is -2.57. The number of carbonyl (C=O) groups is 4. The summed E-state index contributed by atoms with van der Waals surface area (Å²) in [6, 6.07) is 0. The second-order valence-corrected chi connectivity index (χ2v) is 8.52. The normalized spacial score (nSPS) is 36.4. The summed E-state index contributed by atoms with van der Waals surface area (Å²) in [5.41, 5.74) is -4.20. The molecule has 10 heteroatoms. The largest absolute Gasteiger partial charge is 0.458 e. The van der Waals surface area contributed by atoms with E-state index in [9.17, 15) is 29.4 Å². The second kappa shape index (κ2) is 9.46. The third-order valence-corrected chi connectivity index (χ3v) is 6.00. The van der Waals surface area contributed by atoms with Crippen LogP contribution in [0.3, 0.4) is 0 Å². The summed E-state index contributed by atoms with van der Waals surface area (Å²) in [6.45, 7) is 5.55. The van der Waals surface area contributed by atoms with E-state index in [1.807, 2.05) is 11.9 Å². The van der Waals surface area contributed by atoms with Gasteiger partial charge < -0.3 is 29.3 Å². The van der Waals surface area contributed by atoms with E-state index in [1.54, 1.807) is 6.08 Å². The Hall–Kier alpha value is -2.30. The Morgan fingerprint density at radius 1 is 1.32 bits per heavy atom. The lowest BCUT2D eigenvalue weighted by Gasteiger charge is -2.39. The van der Waals surface area contributed by atoms with Gasteiger partial charge in [-0.25, -0.2) is 9.59 Å². The minimum absolute atomic E-state index is 0.122. The fourth-order valence-electron chi connectivity index (χ4n) is 3.62. The number of Topliss-reactive ketones (excluding diaryl/α,β-unsaturated/α-hetero) is 1. The fourth-order valence-corrected chi connectivity index (χ4v) is 3.62. The summed E-state index contributed by atoms with van der Waals surface area (Å²) in [5.74, 6) is -4.39. The number of hydrogen-bond acceptors (Lipinski definition) is 10. The van der Waals surface area contributed by atoms with Gasteiger partial charge in [-0.1, -0.05) is 13.0 Å². The van der Waals surface area contributed by atoms with Gasteiger partial charge >= 0.3 is 17.9 Å². The van der Waals surface area contributed by atoms with Crippen LogP contribution in [0.5, 0.6) is 0 Å². The average Bonchev–Trinajstić information content (AvgIpc) is 2.67. The van der Waals surface area contributed by atoms with Crippen molar-refractivity contribution >= 4 is 23.7 Å². The number of likely N-dealkylation sites (N-methyl/N-ethyl adjacent to an activating group) is 1. The first-order chi connectivity index (χ1) is 14.3. The highest BCUT2D eigenvalue weighted by atomic mass is 16.6. The number of rotatable bonds is 2. The van der Waals surface area contributed by atoms with Crippen LogP contribution in [0.2, 0.25) is 0 Å². The van der Waals surface area contributed by atoms with Crippen LogP contribution in [0.25, 0.3) is 0 Å². The number of nitrogens with zero attached hydrogens (tertiary/aromatic N) is 1. The van der Waals surface area contributed by atoms with Gasteiger partial charge in [0.15, 0.2) is 11.7 Å². The van der Waals surface area contributed by atoms with Crippen LogP contribution in [-0.2, 0) is 33.4 Å². The Morgan fingerprint density at radius 2 is 1.97 bits per heavy atom. The minimum atomic E-state index is -2.45. The molecule has 10 nitrogen and oxygen atoms in total. The number of hydrogen-bond donors (Lipinski definition) is 2. The van der Waals surface area contributed by atoms with Crippen molar-refractivity contribution in [2.24, 2.45) is 5.92 Å². The molecule has 2 aliphatic rings. The SMILES string of the molecule is CC(=O)O[C@@]1(C)C(=O)OC/C2=C/CN(C)CC[C@@H](OC(=O)C(O)(C(C)O)C[C@H]1C)C2=O. The summed E-state index contributed by atoms with van der Waals surface area (Å²) in [6.07, 6.45) is -1.53. The highest BCUT2D eigenvalue weighted by Crippen LogP contribution is 2.34. The molecule has 2 rings (SSSR count). The zero-order valence-electron chi connectivity index (χ0n) is 18.5. The number of esters is 3. The smallest absolute Gasteiger partial charge is 0.350 e. The molecule has 5 atom stereocenters. The second-order valence-electron chi connectivity index (χ2n) is 8.52. The molecule has 31 heavy (non-hydrogen) atoms. The molecular formula is C21H31NO9. The van der Waals surface area contributed by atoms with Gasteiger partial charge in [0.2, 0.25) is 11.4 Å². The average molecular weight is 441 g/mol. The Balaban J connectivity index is 2.56. The fraction of sp³-hybridized carbons (Fsp3) is 0.714. The van der Waals surface area contributed by atoms with E-state index >= 15 is 0 Å². The molecule has 0 saturated carbocycles. The molecule has 0 aromatic carbocycles. The van der Waals surface area contributed by atoms with Gasteiger partial charge in [-0.05, 0) is 27.3 Å². The Labute approximate surface area is 181 Å². The lowest BCUT2D eigenvalue weighted by molar-refractivity contribution is -0.199. The summed E-state index contributed by atoms with van der Waals surface area (Å²) in [5, 5.41) is 21.2. The topological polar surface area (TPSA) is 140 Å². The predicted molar refractivity (Wildman–Crippen MR) is 107 cm³/mol. The zero-order valence-corrected chi connectivity index (χ0v) is 18.5. The first-order valence-electron chi connectivity index (χ1n) is 10.2. The predicted octanol–water partition coefficient (Wildman–Crippen LogP) is -0.254. The Morgan fingerprint density at radius 3 is 2.55 bits per heavy atom. The molecule has 2 heterocycles. The van der Waals surface area contributed by atoms with Gasteiger partial charge in [0, 0.05) is 37.9 Å². The van der Waals surface area contributed by atoms with Gasteiger partial charge in [-0.15, -0.1) is 0 Å². The van der Waals surface area contributed by atoms with Gasteiger partial charge in [-0.3, -0.25) is 9.59 Å². The Kier molecular flexibility index (Phi) is 7.61. The van der Waals surface area contributed by atoms with Crippen LogP contribution in [0.4, 0.5) is 0 Å². The Bertz CT molecular complexity index is 777. The molecule has 2 bridgehead atoms. The quantitative estimate of drug-likeness (QED) is 0.435. The maximum atomic E-state index is 13.0. The number of cyclic esters (lactones) is 1. The van der Waals surface area contributed by atoms with Gasteiger partial charge in [0.05, 0.1) is 6.10 Å². The van der Waals surface area contributed by atoms with E-state index in [0.717, 1.165) is 6.92 Å². The number of ketones is 1. The van der Waals surface area contributed by atoms with Crippen LogP contribution in [0.1, 0.15) is 40.5 Å². The van der Waals surface area contributed by atoms with Crippen molar-refractivity contribution < 1.29 is 43.6 Å². The summed E-state index contributed by atoms with van der Waals surface area (Å²) in [4.78, 5) is 52.4. The van der Waals surface area contributed by atoms with Gasteiger partial charge in [0.25, 0.3) is 0 Å². The molecule has 0 amide bonds. The van der Waals surface area contributed by atoms with Crippen LogP contribution >= 0.6 is 0 Å². The zero-order chi connectivity index (χ0) is 23.6. The minimum Gasteiger partial charge on any atom is -0.458 e. The highest BCUT2D eigenvalue weighted by Gasteiger charge is 2.53. The molecule has 0 aliphatic carbocycles. The molecular weight excluding hydrogens is 410 g/mol. The van der Waals surface area contributed by atoms with Crippen molar-refractivity contribution in [3.63, 3.8) is 0 Å². The first kappa shape index (κ1) is 25.0. The lowest BCUT2D eigenvalue weighted by atomic mass is 9.78. The van der Waals surface area contributed by atoms with Crippen molar-refractivity contribution in [1.82, 2.24) is 4.90 Å². The highest BCUT2D eigenvalue weighted by molar-refractivity contribution is 6.01. The number of fused-ring (bicyclic) bond motifs is 2. The van der Waals surface area contributed by atoms with E-state index in [4.69, 9.17) is 14.2 Å². The number of ether oxygens (including phenoxy) is 3. The maximum absolute atomic E-state index is 13.0. The molecule has 1 fully saturated rings. The standard InChI is InChI=1S/C21H31NO9/c1-12-10-21(28,13(2)23)19(27)30-16-7-9-22(5)8-6-15(17(16)25)11-29-18(26)20(12,4)31-14(3)24/h6,12-13,16,23,28H,7-11H2,1-5H3/b15-6-/t12-,13?,16-,20-,21?/m1/s1. The molecule has 0 aromatic rings. The summed E-state index contributed by atoms with van der Waals surface area (Å²) >= 11 is 0. The van der Waals surface area contributed by atoms with E-state index in [1.165, 1.54) is 20.8 Å². The maximum Gasteiger partial charge on any atom is 0.350 e. The van der Waals surface area contributed by atoms with Crippen LogP contribution < -0.4 is 0 Å². The molecule has 1 saturated heterocycles. The summed E-state index contributed by atoms with van der Waals surface area (Å²) < 4.78 is 16.0. The van der Waals surface area contributed by atoms with Crippen molar-refractivity contribution in [2.75, 3.05) is 26.7 Å². The van der Waals surface area contributed by atoms with Crippen molar-refractivity contribution in [2.45, 2.75) is 63.9 Å². The number of aliphatic hydroxyl groups is 2. The van der Waals surface area contributed by atoms with E-state index in [2.05, 4.69) is 0 Å². The molecule has 0 spiro atoms. The van der Waals surface area contributed by atoms with Crippen LogP contribution in [0, 0.1) is 5.92 Å². The van der Waals surface area contributed by atoms with E-state index in [-0.39, 0.29) is 18.6 Å². The van der Waals surface area contributed by atoms with Crippen LogP contribution in [-0.4, -0.2) is 89.0 Å². The third kappa shape index (κ3) is 5.31. The van der Waals surface area contributed by atoms with Crippen LogP contribution in [0.15, 0.2) is 11.6 Å². The van der Waals surface area contributed by atoms with E-state index < -0.39 is 59.4 Å². The number of carbonyl (C=O) groups excluding carboxylic acids is 4. The molecule has 2 unspecified atom stereocenters. The van der Waals surface area contributed by atoms with E-state index in [0.29, 0.717) is 13.1 Å². The monoisotopic (exact) mass is 441 g/mol. The molecule has 0 aromatic heterocycles.